The topological polar surface area (TPSA) is 72.7 Å². The third kappa shape index (κ3) is 2.76. The van der Waals surface area contributed by atoms with Crippen molar-refractivity contribution < 1.29 is 18.7 Å². The van der Waals surface area contributed by atoms with Crippen molar-refractivity contribution in [1.29, 1.82) is 0 Å². The van der Waals surface area contributed by atoms with Crippen LogP contribution in [0.1, 0.15) is 31.4 Å². The number of aromatic nitrogens is 2. The molecule has 0 bridgehead atoms. The molecule has 1 amide bonds. The number of thiophene rings is 1. The Kier molecular flexibility index (Phi) is 4.06. The average Bonchev–Trinajstić information content (AvgIpc) is 3.05. The minimum absolute atomic E-state index is 0.214. The molecule has 24 heavy (non-hydrogen) atoms. The van der Waals surface area contributed by atoms with Crippen LogP contribution in [0, 0.1) is 19.7 Å². The van der Waals surface area contributed by atoms with E-state index in [2.05, 4.69) is 10.3 Å². The zero-order valence-corrected chi connectivity index (χ0v) is 14.0. The van der Waals surface area contributed by atoms with E-state index in [9.17, 15) is 14.0 Å². The van der Waals surface area contributed by atoms with E-state index in [0.717, 1.165) is 4.88 Å². The number of nitrogens with zero attached hydrogens (tertiary/aromatic N) is 2. The summed E-state index contributed by atoms with van der Waals surface area (Å²) < 4.78 is 19.6. The SMILES string of the molecule is COC(=O)c1cc(C)sc1NC(=O)c1c(C)nc2ccc(F)cn12. The van der Waals surface area contributed by atoms with Gasteiger partial charge in [-0.2, -0.15) is 0 Å². The molecule has 3 rings (SSSR count). The Hall–Kier alpha value is -2.74. The van der Waals surface area contributed by atoms with Gasteiger partial charge in [0.25, 0.3) is 5.91 Å². The maximum Gasteiger partial charge on any atom is 0.340 e. The molecule has 3 heterocycles. The van der Waals surface area contributed by atoms with E-state index in [1.807, 2.05) is 6.92 Å². The minimum Gasteiger partial charge on any atom is -0.465 e. The van der Waals surface area contributed by atoms with Crippen molar-refractivity contribution in [1.82, 2.24) is 9.38 Å². The number of ether oxygens (including phenoxy) is 1. The van der Waals surface area contributed by atoms with Crippen LogP contribution < -0.4 is 5.32 Å². The van der Waals surface area contributed by atoms with E-state index in [1.165, 1.54) is 41.2 Å². The highest BCUT2D eigenvalue weighted by molar-refractivity contribution is 7.16. The number of carbonyl (C=O) groups is 2. The summed E-state index contributed by atoms with van der Waals surface area (Å²) in [5.41, 5.74) is 1.43. The van der Waals surface area contributed by atoms with Gasteiger partial charge in [0.2, 0.25) is 0 Å². The molecule has 3 aromatic rings. The normalized spacial score (nSPS) is 10.8. The van der Waals surface area contributed by atoms with Crippen molar-refractivity contribution >= 4 is 33.9 Å². The third-order valence-electron chi connectivity index (χ3n) is 3.46. The number of hydrogen-bond acceptors (Lipinski definition) is 5. The number of pyridine rings is 1. The van der Waals surface area contributed by atoms with Crippen molar-refractivity contribution in [3.63, 3.8) is 0 Å². The summed E-state index contributed by atoms with van der Waals surface area (Å²) in [4.78, 5) is 29.6. The van der Waals surface area contributed by atoms with Gasteiger partial charge >= 0.3 is 5.97 Å². The molecule has 0 radical (unpaired) electrons. The second-order valence-electron chi connectivity index (χ2n) is 5.17. The summed E-state index contributed by atoms with van der Waals surface area (Å²) in [6.07, 6.45) is 1.20. The predicted molar refractivity (Wildman–Crippen MR) is 88.2 cm³/mol. The molecule has 0 aromatic carbocycles. The van der Waals surface area contributed by atoms with Crippen LogP contribution in [0.5, 0.6) is 0 Å². The van der Waals surface area contributed by atoms with E-state index in [4.69, 9.17) is 4.74 Å². The molecule has 0 fully saturated rings. The van der Waals surface area contributed by atoms with E-state index in [-0.39, 0.29) is 11.3 Å². The van der Waals surface area contributed by atoms with Crippen molar-refractivity contribution in [2.45, 2.75) is 13.8 Å². The molecule has 0 unspecified atom stereocenters. The van der Waals surface area contributed by atoms with E-state index in [0.29, 0.717) is 16.3 Å². The average molecular weight is 347 g/mol. The molecule has 1 N–H and O–H groups in total. The first-order chi connectivity index (χ1) is 11.4. The highest BCUT2D eigenvalue weighted by Crippen LogP contribution is 2.29. The van der Waals surface area contributed by atoms with Crippen LogP contribution in [-0.2, 0) is 4.74 Å². The Bertz CT molecular complexity index is 961. The Labute approximate surface area is 140 Å². The lowest BCUT2D eigenvalue weighted by atomic mass is 10.2. The number of amides is 1. The summed E-state index contributed by atoms with van der Waals surface area (Å²) >= 11 is 1.26. The fourth-order valence-electron chi connectivity index (χ4n) is 2.44. The molecule has 6 nitrogen and oxygen atoms in total. The molecule has 0 aliphatic carbocycles. The van der Waals surface area contributed by atoms with Crippen LogP contribution in [0.3, 0.4) is 0 Å². The first kappa shape index (κ1) is 16.1. The monoisotopic (exact) mass is 347 g/mol. The minimum atomic E-state index is -0.532. The molecule has 3 aromatic heterocycles. The highest BCUT2D eigenvalue weighted by Gasteiger charge is 2.21. The van der Waals surface area contributed by atoms with Gasteiger partial charge in [-0.15, -0.1) is 11.3 Å². The number of carbonyl (C=O) groups excluding carboxylic acids is 2. The van der Waals surface area contributed by atoms with Crippen molar-refractivity contribution in [2.24, 2.45) is 0 Å². The molecule has 0 saturated heterocycles. The van der Waals surface area contributed by atoms with Crippen molar-refractivity contribution in [2.75, 3.05) is 12.4 Å². The summed E-state index contributed by atoms with van der Waals surface area (Å²) in [5, 5.41) is 3.08. The zero-order valence-electron chi connectivity index (χ0n) is 13.2. The van der Waals surface area contributed by atoms with Crippen LogP contribution >= 0.6 is 11.3 Å². The van der Waals surface area contributed by atoms with Crippen LogP contribution in [0.25, 0.3) is 5.65 Å². The van der Waals surface area contributed by atoms with Gasteiger partial charge in [-0.25, -0.2) is 14.2 Å². The van der Waals surface area contributed by atoms with Crippen LogP contribution in [-0.4, -0.2) is 28.4 Å². The molecule has 0 atom stereocenters. The van der Waals surface area contributed by atoms with Gasteiger partial charge in [-0.1, -0.05) is 0 Å². The fourth-order valence-corrected chi connectivity index (χ4v) is 3.34. The van der Waals surface area contributed by atoms with E-state index >= 15 is 0 Å². The molecule has 0 saturated carbocycles. The maximum absolute atomic E-state index is 13.5. The number of imidazole rings is 1. The first-order valence-electron chi connectivity index (χ1n) is 7.05. The number of esters is 1. The van der Waals surface area contributed by atoms with Gasteiger partial charge in [0.1, 0.15) is 22.2 Å². The number of methoxy groups -OCH3 is 1. The van der Waals surface area contributed by atoms with Gasteiger partial charge in [-0.3, -0.25) is 9.20 Å². The van der Waals surface area contributed by atoms with E-state index in [1.54, 1.807) is 13.0 Å². The molecule has 0 spiro atoms. The molecular formula is C16H14FN3O3S. The van der Waals surface area contributed by atoms with Crippen LogP contribution in [0.15, 0.2) is 24.4 Å². The summed E-state index contributed by atoms with van der Waals surface area (Å²) in [7, 11) is 1.28. The quantitative estimate of drug-likeness (QED) is 0.739. The van der Waals surface area contributed by atoms with E-state index < -0.39 is 17.7 Å². The Morgan fingerprint density at radius 3 is 2.79 bits per heavy atom. The summed E-state index contributed by atoms with van der Waals surface area (Å²) in [5.74, 6) is -1.48. The molecule has 0 aliphatic heterocycles. The number of fused-ring (bicyclic) bond motifs is 1. The summed E-state index contributed by atoms with van der Waals surface area (Å²) in [6.45, 7) is 3.49. The second kappa shape index (κ2) is 6.04. The highest BCUT2D eigenvalue weighted by atomic mass is 32.1. The molecular weight excluding hydrogens is 333 g/mol. The summed E-state index contributed by atoms with van der Waals surface area (Å²) in [6, 6.07) is 4.42. The van der Waals surface area contributed by atoms with Crippen LogP contribution in [0.4, 0.5) is 9.39 Å². The standard InChI is InChI=1S/C16H14FN3O3S/c1-8-6-11(16(22)23-3)15(24-8)19-14(21)13-9(2)18-12-5-4-10(17)7-20(12)13/h4-7H,1-3H3,(H,19,21). The lowest BCUT2D eigenvalue weighted by Crippen LogP contribution is -2.17. The third-order valence-corrected chi connectivity index (χ3v) is 4.43. The Morgan fingerprint density at radius 1 is 1.33 bits per heavy atom. The largest absolute Gasteiger partial charge is 0.465 e. The number of nitrogens with one attached hydrogen (secondary N) is 1. The predicted octanol–water partition coefficient (Wildman–Crippen LogP) is 3.19. The van der Waals surface area contributed by atoms with Gasteiger partial charge in [0.05, 0.1) is 18.4 Å². The molecule has 124 valence electrons. The van der Waals surface area contributed by atoms with Gasteiger partial charge in [0, 0.05) is 11.1 Å². The second-order valence-corrected chi connectivity index (χ2v) is 6.42. The lowest BCUT2D eigenvalue weighted by molar-refractivity contribution is 0.0602. The Morgan fingerprint density at radius 2 is 2.08 bits per heavy atom. The number of anilines is 1. The van der Waals surface area contributed by atoms with Gasteiger partial charge in [-0.05, 0) is 32.0 Å². The number of rotatable bonds is 3. The van der Waals surface area contributed by atoms with Gasteiger partial charge in [0.15, 0.2) is 0 Å². The van der Waals surface area contributed by atoms with Crippen LogP contribution in [0.2, 0.25) is 0 Å². The number of halogens is 1. The maximum atomic E-state index is 13.5. The number of aryl methyl sites for hydroxylation is 2. The smallest absolute Gasteiger partial charge is 0.340 e. The van der Waals surface area contributed by atoms with Crippen molar-refractivity contribution in [3.8, 4) is 0 Å². The molecule has 0 aliphatic rings. The Balaban J connectivity index is 2.01. The number of hydrogen-bond donors (Lipinski definition) is 1. The first-order valence-corrected chi connectivity index (χ1v) is 7.86. The lowest BCUT2D eigenvalue weighted by Gasteiger charge is -2.06. The van der Waals surface area contributed by atoms with Gasteiger partial charge < -0.3 is 10.1 Å². The molecule has 8 heteroatoms. The fraction of sp³-hybridized carbons (Fsp3) is 0.188. The van der Waals surface area contributed by atoms with Crippen molar-refractivity contribution in [3.05, 3.63) is 52.0 Å². The zero-order chi connectivity index (χ0) is 17.4.